The monoisotopic (exact) mass is 412 g/mol. The number of benzene rings is 2. The third kappa shape index (κ3) is 8.77. The van der Waals surface area contributed by atoms with Gasteiger partial charge in [0, 0.05) is 6.42 Å². The Hall–Kier alpha value is -3.35. The van der Waals surface area contributed by atoms with Gasteiger partial charge in [-0.05, 0) is 44.0 Å². The Balaban J connectivity index is 1.77. The van der Waals surface area contributed by atoms with Gasteiger partial charge in [0.05, 0.1) is 0 Å². The molecule has 0 aliphatic heterocycles. The lowest BCUT2D eigenvalue weighted by Gasteiger charge is -2.21. The Morgan fingerprint density at radius 3 is 2.27 bits per heavy atom. The Morgan fingerprint density at radius 2 is 1.67 bits per heavy atom. The summed E-state index contributed by atoms with van der Waals surface area (Å²) in [4.78, 5) is 34.7. The molecule has 0 aromatic heterocycles. The van der Waals surface area contributed by atoms with Gasteiger partial charge in [-0.1, -0.05) is 42.5 Å². The molecule has 0 aliphatic rings. The van der Waals surface area contributed by atoms with Crippen LogP contribution in [-0.2, 0) is 32.1 Å². The van der Waals surface area contributed by atoms with Crippen molar-refractivity contribution in [1.82, 2.24) is 5.32 Å². The van der Waals surface area contributed by atoms with Crippen molar-refractivity contribution < 1.29 is 28.6 Å². The lowest BCUT2D eigenvalue weighted by atomic mass is 10.1. The number of carbonyl (C=O) groups is 2. The fourth-order valence-corrected chi connectivity index (χ4v) is 2.45. The van der Waals surface area contributed by atoms with Crippen molar-refractivity contribution in [2.24, 2.45) is 0 Å². The van der Waals surface area contributed by atoms with Gasteiger partial charge in [-0.15, -0.1) is 0 Å². The standard InChI is InChI=1S/C23H26NO6/c1-23(2,3)30-22(27)24-19(14-25)13-17-9-11-20(12-10-17)28-16-21(26)29-15-18-7-5-4-6-8-18/h4-12,19H,13,15-16H2,1-3H3,(H,24,27)/t19-/m0/s1. The third-order valence-corrected chi connectivity index (χ3v) is 3.80. The van der Waals surface area contributed by atoms with E-state index in [1.807, 2.05) is 30.3 Å². The van der Waals surface area contributed by atoms with E-state index in [1.54, 1.807) is 51.3 Å². The molecule has 0 unspecified atom stereocenters. The molecule has 0 fully saturated rings. The molecule has 0 saturated carbocycles. The van der Waals surface area contributed by atoms with Crippen LogP contribution in [-0.4, -0.2) is 36.6 Å². The van der Waals surface area contributed by atoms with Crippen molar-refractivity contribution in [2.75, 3.05) is 6.61 Å². The fourth-order valence-electron chi connectivity index (χ4n) is 2.45. The van der Waals surface area contributed by atoms with E-state index in [0.29, 0.717) is 5.75 Å². The van der Waals surface area contributed by atoms with E-state index >= 15 is 0 Å². The summed E-state index contributed by atoms with van der Waals surface area (Å²) < 4.78 is 15.7. The number of alkyl carbamates (subject to hydrolysis) is 1. The number of esters is 1. The smallest absolute Gasteiger partial charge is 0.408 e. The quantitative estimate of drug-likeness (QED) is 0.635. The molecule has 159 valence electrons. The summed E-state index contributed by atoms with van der Waals surface area (Å²) in [5, 5.41) is 2.48. The molecular formula is C23H26NO6. The van der Waals surface area contributed by atoms with Gasteiger partial charge in [0.2, 0.25) is 6.29 Å². The molecule has 0 bridgehead atoms. The predicted octanol–water partition coefficient (Wildman–Crippen LogP) is 3.35. The van der Waals surface area contributed by atoms with Crippen LogP contribution in [0.25, 0.3) is 0 Å². The van der Waals surface area contributed by atoms with Crippen molar-refractivity contribution in [3.8, 4) is 5.75 Å². The van der Waals surface area contributed by atoms with Crippen LogP contribution < -0.4 is 10.1 Å². The maximum atomic E-state index is 11.8. The van der Waals surface area contributed by atoms with Gasteiger partial charge in [-0.3, -0.25) is 4.79 Å². The molecule has 2 rings (SSSR count). The molecule has 2 aromatic carbocycles. The minimum Gasteiger partial charge on any atom is -0.482 e. The number of hydrogen-bond acceptors (Lipinski definition) is 6. The maximum Gasteiger partial charge on any atom is 0.408 e. The average molecular weight is 412 g/mol. The topological polar surface area (TPSA) is 90.9 Å². The van der Waals surface area contributed by atoms with Crippen LogP contribution in [0, 0.1) is 0 Å². The van der Waals surface area contributed by atoms with Crippen molar-refractivity contribution in [1.29, 1.82) is 0 Å². The zero-order valence-electron chi connectivity index (χ0n) is 17.3. The fraction of sp³-hybridized carbons (Fsp3) is 0.348. The van der Waals surface area contributed by atoms with Gasteiger partial charge < -0.3 is 19.5 Å². The van der Waals surface area contributed by atoms with Gasteiger partial charge >= 0.3 is 12.1 Å². The van der Waals surface area contributed by atoms with Crippen molar-refractivity contribution >= 4 is 18.3 Å². The summed E-state index contributed by atoms with van der Waals surface area (Å²) in [5.41, 5.74) is 1.04. The second kappa shape index (κ2) is 11.0. The Bertz CT molecular complexity index is 827. The zero-order valence-corrected chi connectivity index (χ0v) is 17.3. The van der Waals surface area contributed by atoms with E-state index in [9.17, 15) is 14.4 Å². The van der Waals surface area contributed by atoms with Gasteiger partial charge in [0.15, 0.2) is 6.61 Å². The molecule has 7 nitrogen and oxygen atoms in total. The molecule has 1 atom stereocenters. The summed E-state index contributed by atoms with van der Waals surface area (Å²) in [6.45, 7) is 5.19. The zero-order chi connectivity index (χ0) is 22.0. The molecule has 1 radical (unpaired) electrons. The minimum absolute atomic E-state index is 0.191. The first-order valence-corrected chi connectivity index (χ1v) is 9.53. The number of ether oxygens (including phenoxy) is 3. The van der Waals surface area contributed by atoms with Gasteiger partial charge in [-0.25, -0.2) is 9.59 Å². The highest BCUT2D eigenvalue weighted by Crippen LogP contribution is 2.14. The van der Waals surface area contributed by atoms with Crippen LogP contribution in [0.5, 0.6) is 5.75 Å². The number of rotatable bonds is 9. The van der Waals surface area contributed by atoms with E-state index in [1.165, 1.54) is 0 Å². The first-order chi connectivity index (χ1) is 14.2. The largest absolute Gasteiger partial charge is 0.482 e. The van der Waals surface area contributed by atoms with Gasteiger partial charge in [0.25, 0.3) is 0 Å². The van der Waals surface area contributed by atoms with E-state index in [0.717, 1.165) is 11.1 Å². The highest BCUT2D eigenvalue weighted by Gasteiger charge is 2.20. The summed E-state index contributed by atoms with van der Waals surface area (Å²) >= 11 is 0. The number of carbonyl (C=O) groups excluding carboxylic acids is 3. The van der Waals surface area contributed by atoms with Crippen molar-refractivity contribution in [2.45, 2.75) is 45.4 Å². The number of nitrogens with one attached hydrogen (secondary N) is 1. The number of hydrogen-bond donors (Lipinski definition) is 1. The first-order valence-electron chi connectivity index (χ1n) is 9.53. The van der Waals surface area contributed by atoms with Crippen LogP contribution in [0.1, 0.15) is 31.9 Å². The first kappa shape index (κ1) is 22.9. The number of amides is 1. The highest BCUT2D eigenvalue weighted by molar-refractivity contribution is 5.74. The van der Waals surface area contributed by atoms with Crippen LogP contribution in [0.15, 0.2) is 54.6 Å². The Morgan fingerprint density at radius 1 is 1.00 bits per heavy atom. The maximum absolute atomic E-state index is 11.8. The predicted molar refractivity (Wildman–Crippen MR) is 111 cm³/mol. The highest BCUT2D eigenvalue weighted by atomic mass is 16.6. The molecule has 0 saturated heterocycles. The molecule has 0 spiro atoms. The average Bonchev–Trinajstić information content (AvgIpc) is 2.70. The molecule has 2 aromatic rings. The van der Waals surface area contributed by atoms with Crippen LogP contribution >= 0.6 is 0 Å². The van der Waals surface area contributed by atoms with Crippen LogP contribution in [0.2, 0.25) is 0 Å². The van der Waals surface area contributed by atoms with Gasteiger partial charge in [0.1, 0.15) is 24.0 Å². The van der Waals surface area contributed by atoms with E-state index in [4.69, 9.17) is 14.2 Å². The van der Waals surface area contributed by atoms with E-state index in [-0.39, 0.29) is 19.6 Å². The second-order valence-corrected chi connectivity index (χ2v) is 7.60. The summed E-state index contributed by atoms with van der Waals surface area (Å²) in [6, 6.07) is 15.4. The third-order valence-electron chi connectivity index (χ3n) is 3.80. The second-order valence-electron chi connectivity index (χ2n) is 7.60. The lowest BCUT2D eigenvalue weighted by molar-refractivity contribution is -0.147. The van der Waals surface area contributed by atoms with Crippen LogP contribution in [0.4, 0.5) is 4.79 Å². The molecule has 1 N–H and O–H groups in total. The minimum atomic E-state index is -0.834. The normalized spacial score (nSPS) is 11.8. The molecule has 1 amide bonds. The van der Waals surface area contributed by atoms with Gasteiger partial charge in [-0.2, -0.15) is 0 Å². The van der Waals surface area contributed by atoms with Crippen molar-refractivity contribution in [3.63, 3.8) is 0 Å². The van der Waals surface area contributed by atoms with E-state index in [2.05, 4.69) is 5.32 Å². The summed E-state index contributed by atoms with van der Waals surface area (Å²) in [6.07, 6.45) is 1.37. The Labute approximate surface area is 176 Å². The van der Waals surface area contributed by atoms with Crippen LogP contribution in [0.3, 0.4) is 0 Å². The molecule has 0 aliphatic carbocycles. The Kier molecular flexibility index (Phi) is 8.41. The molecule has 0 heterocycles. The molecular weight excluding hydrogens is 386 g/mol. The summed E-state index contributed by atoms with van der Waals surface area (Å²) in [5.74, 6) is 0.0160. The van der Waals surface area contributed by atoms with Crippen molar-refractivity contribution in [3.05, 3.63) is 65.7 Å². The molecule has 30 heavy (non-hydrogen) atoms. The lowest BCUT2D eigenvalue weighted by Crippen LogP contribution is -2.41. The van der Waals surface area contributed by atoms with E-state index < -0.39 is 23.7 Å². The summed E-state index contributed by atoms with van der Waals surface area (Å²) in [7, 11) is 0. The molecule has 7 heteroatoms. The SMILES string of the molecule is CC(C)(C)OC(=O)N[C@H]([C]=O)Cc1ccc(OCC(=O)OCc2ccccc2)cc1.